The molecule has 4 heteroatoms. The van der Waals surface area contributed by atoms with E-state index in [0.717, 1.165) is 49.1 Å². The lowest BCUT2D eigenvalue weighted by molar-refractivity contribution is 0.147. The summed E-state index contributed by atoms with van der Waals surface area (Å²) in [5.41, 5.74) is 4.59. The number of aromatic nitrogens is 2. The molecule has 1 aliphatic heterocycles. The Morgan fingerprint density at radius 2 is 1.54 bits per heavy atom. The Kier molecular flexibility index (Phi) is 4.40. The van der Waals surface area contributed by atoms with E-state index in [9.17, 15) is 0 Å². The molecule has 2 fully saturated rings. The van der Waals surface area contributed by atoms with Gasteiger partial charge in [-0.3, -0.25) is 9.88 Å². The number of fused-ring (bicyclic) bond motifs is 1. The summed E-state index contributed by atoms with van der Waals surface area (Å²) in [6.45, 7) is 8.75. The lowest BCUT2D eigenvalue weighted by Crippen LogP contribution is -2.51. The molecule has 0 bridgehead atoms. The van der Waals surface area contributed by atoms with Crippen LogP contribution in [0.2, 0.25) is 0 Å². The number of anilines is 1. The fourth-order valence-electron chi connectivity index (χ4n) is 4.17. The fraction of sp³-hybridized carbons (Fsp3) is 0.600. The molecule has 2 aliphatic rings. The largest absolute Gasteiger partial charge is 0.353 e. The molecule has 4 nitrogen and oxygen atoms in total. The molecule has 2 aromatic rings. The number of aryl methyl sites for hydroxylation is 2. The van der Waals surface area contributed by atoms with E-state index in [-0.39, 0.29) is 0 Å². The zero-order valence-corrected chi connectivity index (χ0v) is 15.0. The number of piperazine rings is 1. The number of hydrogen-bond donors (Lipinski definition) is 0. The van der Waals surface area contributed by atoms with E-state index in [1.54, 1.807) is 0 Å². The smallest absolute Gasteiger partial charge is 0.147 e. The molecule has 0 atom stereocenters. The molecule has 0 amide bonds. The van der Waals surface area contributed by atoms with Crippen LogP contribution in [0.15, 0.2) is 18.3 Å². The molecular formula is C20H28N4. The van der Waals surface area contributed by atoms with Gasteiger partial charge in [-0.2, -0.15) is 0 Å². The van der Waals surface area contributed by atoms with Crippen molar-refractivity contribution in [3.05, 3.63) is 29.5 Å². The molecule has 0 radical (unpaired) electrons. The first kappa shape index (κ1) is 15.8. The molecule has 1 aromatic carbocycles. The Balaban J connectivity index is 1.47. The summed E-state index contributed by atoms with van der Waals surface area (Å²) in [7, 11) is 0. The predicted octanol–water partition coefficient (Wildman–Crippen LogP) is 3.70. The lowest BCUT2D eigenvalue weighted by Gasteiger charge is -2.41. The first-order valence-corrected chi connectivity index (χ1v) is 9.44. The van der Waals surface area contributed by atoms with E-state index >= 15 is 0 Å². The van der Waals surface area contributed by atoms with Crippen molar-refractivity contribution in [1.29, 1.82) is 0 Å². The molecule has 0 unspecified atom stereocenters. The molecule has 2 heterocycles. The van der Waals surface area contributed by atoms with Gasteiger partial charge in [0.15, 0.2) is 0 Å². The minimum absolute atomic E-state index is 0.828. The van der Waals surface area contributed by atoms with Crippen molar-refractivity contribution in [2.75, 3.05) is 31.1 Å². The van der Waals surface area contributed by atoms with Crippen molar-refractivity contribution in [3.8, 4) is 0 Å². The second-order valence-electron chi connectivity index (χ2n) is 7.47. The highest BCUT2D eigenvalue weighted by Gasteiger charge is 2.25. The number of nitrogens with zero attached hydrogens (tertiary/aromatic N) is 4. The van der Waals surface area contributed by atoms with Gasteiger partial charge in [-0.25, -0.2) is 4.98 Å². The van der Waals surface area contributed by atoms with Crippen LogP contribution in [0.1, 0.15) is 43.2 Å². The molecule has 0 N–H and O–H groups in total. The summed E-state index contributed by atoms with van der Waals surface area (Å²) in [6, 6.07) is 5.14. The molecule has 24 heavy (non-hydrogen) atoms. The highest BCUT2D eigenvalue weighted by Crippen LogP contribution is 2.25. The zero-order chi connectivity index (χ0) is 16.5. The molecule has 0 spiro atoms. The van der Waals surface area contributed by atoms with Crippen LogP contribution in [0.5, 0.6) is 0 Å². The summed E-state index contributed by atoms with van der Waals surface area (Å²) >= 11 is 0. The maximum atomic E-state index is 4.88. The second kappa shape index (κ2) is 6.67. The summed E-state index contributed by atoms with van der Waals surface area (Å²) in [4.78, 5) is 14.6. The molecule has 128 valence electrons. The van der Waals surface area contributed by atoms with E-state index in [0.29, 0.717) is 0 Å². The van der Waals surface area contributed by atoms with Crippen molar-refractivity contribution in [2.24, 2.45) is 0 Å². The van der Waals surface area contributed by atoms with Gasteiger partial charge in [0.05, 0.1) is 17.2 Å². The maximum absolute atomic E-state index is 4.88. The Morgan fingerprint density at radius 3 is 2.25 bits per heavy atom. The van der Waals surface area contributed by atoms with E-state index in [4.69, 9.17) is 4.98 Å². The van der Waals surface area contributed by atoms with Crippen molar-refractivity contribution < 1.29 is 0 Å². The standard InChI is InChI=1S/C20H28N4/c1-15-12-18-19(13-16(15)2)22-20(14-21-18)24-10-8-23(9-11-24)17-6-4-3-5-7-17/h12-14,17H,3-11H2,1-2H3. The Labute approximate surface area is 144 Å². The minimum atomic E-state index is 0.828. The van der Waals surface area contributed by atoms with Gasteiger partial charge in [-0.15, -0.1) is 0 Å². The topological polar surface area (TPSA) is 32.3 Å². The Bertz CT molecular complexity index is 713. The van der Waals surface area contributed by atoms with E-state index in [1.807, 2.05) is 6.20 Å². The van der Waals surface area contributed by atoms with E-state index < -0.39 is 0 Å². The van der Waals surface area contributed by atoms with Gasteiger partial charge in [-0.05, 0) is 49.9 Å². The number of hydrogen-bond acceptors (Lipinski definition) is 4. The number of benzene rings is 1. The molecule has 1 aliphatic carbocycles. The van der Waals surface area contributed by atoms with Gasteiger partial charge >= 0.3 is 0 Å². The third kappa shape index (κ3) is 3.12. The van der Waals surface area contributed by atoms with Crippen LogP contribution < -0.4 is 4.90 Å². The molecule has 1 aromatic heterocycles. The van der Waals surface area contributed by atoms with Gasteiger partial charge < -0.3 is 4.90 Å². The normalized spacial score (nSPS) is 20.7. The van der Waals surface area contributed by atoms with Gasteiger partial charge in [0.2, 0.25) is 0 Å². The summed E-state index contributed by atoms with van der Waals surface area (Å²) < 4.78 is 0. The molecule has 1 saturated heterocycles. The van der Waals surface area contributed by atoms with E-state index in [1.165, 1.54) is 43.2 Å². The van der Waals surface area contributed by atoms with Crippen LogP contribution in [-0.2, 0) is 0 Å². The van der Waals surface area contributed by atoms with Gasteiger partial charge in [0.25, 0.3) is 0 Å². The Morgan fingerprint density at radius 1 is 0.875 bits per heavy atom. The van der Waals surface area contributed by atoms with Crippen LogP contribution in [0.4, 0.5) is 5.82 Å². The van der Waals surface area contributed by atoms with Crippen molar-refractivity contribution in [3.63, 3.8) is 0 Å². The van der Waals surface area contributed by atoms with Crippen molar-refractivity contribution in [2.45, 2.75) is 52.0 Å². The Hall–Kier alpha value is -1.68. The highest BCUT2D eigenvalue weighted by molar-refractivity contribution is 5.77. The van der Waals surface area contributed by atoms with Gasteiger partial charge in [0.1, 0.15) is 5.82 Å². The van der Waals surface area contributed by atoms with Gasteiger partial charge in [-0.1, -0.05) is 19.3 Å². The average molecular weight is 324 g/mol. The minimum Gasteiger partial charge on any atom is -0.353 e. The highest BCUT2D eigenvalue weighted by atomic mass is 15.3. The fourth-order valence-corrected chi connectivity index (χ4v) is 4.17. The molecular weight excluding hydrogens is 296 g/mol. The quantitative estimate of drug-likeness (QED) is 0.843. The van der Waals surface area contributed by atoms with Crippen LogP contribution in [0.25, 0.3) is 11.0 Å². The van der Waals surface area contributed by atoms with Gasteiger partial charge in [0, 0.05) is 32.2 Å². The number of rotatable bonds is 2. The summed E-state index contributed by atoms with van der Waals surface area (Å²) in [6.07, 6.45) is 9.01. The van der Waals surface area contributed by atoms with Crippen LogP contribution in [0, 0.1) is 13.8 Å². The predicted molar refractivity (Wildman–Crippen MR) is 99.7 cm³/mol. The maximum Gasteiger partial charge on any atom is 0.147 e. The van der Waals surface area contributed by atoms with Crippen molar-refractivity contribution >= 4 is 16.9 Å². The average Bonchev–Trinajstić information content (AvgIpc) is 2.63. The lowest BCUT2D eigenvalue weighted by atomic mass is 9.94. The second-order valence-corrected chi connectivity index (χ2v) is 7.47. The van der Waals surface area contributed by atoms with Crippen LogP contribution >= 0.6 is 0 Å². The monoisotopic (exact) mass is 324 g/mol. The van der Waals surface area contributed by atoms with Crippen LogP contribution in [0.3, 0.4) is 0 Å². The summed E-state index contributed by atoms with van der Waals surface area (Å²) in [5, 5.41) is 0. The van der Waals surface area contributed by atoms with E-state index in [2.05, 4.69) is 40.8 Å². The molecule has 4 rings (SSSR count). The third-order valence-corrected chi connectivity index (χ3v) is 5.87. The zero-order valence-electron chi connectivity index (χ0n) is 15.0. The van der Waals surface area contributed by atoms with Crippen LogP contribution in [-0.4, -0.2) is 47.1 Å². The first-order chi connectivity index (χ1) is 11.7. The van der Waals surface area contributed by atoms with Crippen molar-refractivity contribution in [1.82, 2.24) is 14.9 Å². The SMILES string of the molecule is Cc1cc2ncc(N3CCN(C4CCCCC4)CC3)nc2cc1C. The third-order valence-electron chi connectivity index (χ3n) is 5.87. The summed E-state index contributed by atoms with van der Waals surface area (Å²) in [5.74, 6) is 1.04. The first-order valence-electron chi connectivity index (χ1n) is 9.44. The molecule has 1 saturated carbocycles.